The summed E-state index contributed by atoms with van der Waals surface area (Å²) in [5.74, 6) is -0.582. The number of rotatable bonds is 7. The van der Waals surface area contributed by atoms with E-state index in [9.17, 15) is 9.59 Å². The first-order valence-corrected chi connectivity index (χ1v) is 8.46. The molecule has 23 heavy (non-hydrogen) atoms. The third-order valence-electron chi connectivity index (χ3n) is 3.04. The van der Waals surface area contributed by atoms with Crippen molar-refractivity contribution in [1.82, 2.24) is 5.32 Å². The lowest BCUT2D eigenvalue weighted by Gasteiger charge is -2.20. The topological polar surface area (TPSA) is 81.4 Å². The lowest BCUT2D eigenvalue weighted by Crippen LogP contribution is -2.41. The molecule has 0 saturated carbocycles. The summed E-state index contributed by atoms with van der Waals surface area (Å²) in [7, 11) is 0. The summed E-state index contributed by atoms with van der Waals surface area (Å²) >= 11 is 3.38. The van der Waals surface area contributed by atoms with Gasteiger partial charge in [0, 0.05) is 17.4 Å². The number of hydrogen-bond donors (Lipinski definition) is 2. The average Bonchev–Trinajstić information content (AvgIpc) is 2.45. The van der Waals surface area contributed by atoms with Gasteiger partial charge in [0.05, 0.1) is 6.04 Å². The minimum Gasteiger partial charge on any atom is -0.460 e. The number of nitrogens with one attached hydrogen (secondary N) is 1. The number of nitrogens with two attached hydrogens (primary N) is 1. The third-order valence-corrected chi connectivity index (χ3v) is 3.57. The first kappa shape index (κ1) is 19.6. The maximum Gasteiger partial charge on any atom is 0.306 e. The second kappa shape index (κ2) is 9.03. The lowest BCUT2D eigenvalue weighted by atomic mass is 10.1. The summed E-state index contributed by atoms with van der Waals surface area (Å²) in [5, 5.41) is 2.79. The lowest BCUT2D eigenvalue weighted by molar-refractivity contribution is -0.155. The highest BCUT2D eigenvalue weighted by molar-refractivity contribution is 9.10. The minimum absolute atomic E-state index is 0.137. The van der Waals surface area contributed by atoms with E-state index in [2.05, 4.69) is 21.2 Å². The van der Waals surface area contributed by atoms with Gasteiger partial charge in [0.25, 0.3) is 0 Å². The van der Waals surface area contributed by atoms with E-state index in [0.717, 1.165) is 16.5 Å². The van der Waals surface area contributed by atoms with Crippen LogP contribution >= 0.6 is 15.9 Å². The highest BCUT2D eigenvalue weighted by Gasteiger charge is 2.19. The zero-order valence-corrected chi connectivity index (χ0v) is 15.5. The van der Waals surface area contributed by atoms with E-state index >= 15 is 0 Å². The molecule has 1 amide bonds. The van der Waals surface area contributed by atoms with Crippen molar-refractivity contribution >= 4 is 27.8 Å². The van der Waals surface area contributed by atoms with Gasteiger partial charge >= 0.3 is 5.97 Å². The van der Waals surface area contributed by atoms with Gasteiger partial charge in [-0.15, -0.1) is 0 Å². The Balaban J connectivity index is 2.26. The number of hydrogen-bond acceptors (Lipinski definition) is 4. The Morgan fingerprint density at radius 2 is 1.87 bits per heavy atom. The van der Waals surface area contributed by atoms with E-state index in [1.165, 1.54) is 0 Å². The standard InChI is InChI=1S/C17H25BrN2O3/c1-17(2,3)23-15(21)9-8-14(19)16(22)20-11-10-12-4-6-13(18)7-5-12/h4-7,14H,8-11,19H2,1-3H3,(H,20,22)/t14-/m0/s1. The van der Waals surface area contributed by atoms with Crippen molar-refractivity contribution in [3.63, 3.8) is 0 Å². The number of benzene rings is 1. The monoisotopic (exact) mass is 384 g/mol. The molecule has 5 nitrogen and oxygen atoms in total. The predicted octanol–water partition coefficient (Wildman–Crippen LogP) is 2.56. The van der Waals surface area contributed by atoms with Crippen LogP contribution in [-0.2, 0) is 20.7 Å². The molecular weight excluding hydrogens is 360 g/mol. The van der Waals surface area contributed by atoms with Gasteiger partial charge in [0.2, 0.25) is 5.91 Å². The zero-order chi connectivity index (χ0) is 17.5. The predicted molar refractivity (Wildman–Crippen MR) is 93.9 cm³/mol. The largest absolute Gasteiger partial charge is 0.460 e. The Labute approximate surface area is 146 Å². The number of esters is 1. The first-order valence-electron chi connectivity index (χ1n) is 7.67. The molecule has 1 atom stereocenters. The number of ether oxygens (including phenoxy) is 1. The van der Waals surface area contributed by atoms with Crippen LogP contribution in [0.25, 0.3) is 0 Å². The SMILES string of the molecule is CC(C)(C)OC(=O)CC[C@H](N)C(=O)NCCc1ccc(Br)cc1. The molecule has 0 unspecified atom stereocenters. The average molecular weight is 385 g/mol. The second-order valence-corrected chi connectivity index (χ2v) is 7.31. The molecule has 6 heteroatoms. The van der Waals surface area contributed by atoms with E-state index in [-0.39, 0.29) is 24.7 Å². The molecule has 0 radical (unpaired) electrons. The summed E-state index contributed by atoms with van der Waals surface area (Å²) in [5.41, 5.74) is 6.42. The van der Waals surface area contributed by atoms with E-state index in [1.807, 2.05) is 24.3 Å². The fourth-order valence-electron chi connectivity index (χ4n) is 1.91. The van der Waals surface area contributed by atoms with E-state index in [0.29, 0.717) is 6.54 Å². The molecule has 1 aromatic carbocycles. The molecule has 128 valence electrons. The highest BCUT2D eigenvalue weighted by atomic mass is 79.9. The van der Waals surface area contributed by atoms with Gasteiger partial charge < -0.3 is 15.8 Å². The van der Waals surface area contributed by atoms with Crippen LogP contribution in [-0.4, -0.2) is 30.1 Å². The fraction of sp³-hybridized carbons (Fsp3) is 0.529. The van der Waals surface area contributed by atoms with Crippen molar-refractivity contribution in [2.24, 2.45) is 5.73 Å². The van der Waals surface area contributed by atoms with Gasteiger partial charge in [-0.3, -0.25) is 9.59 Å². The smallest absolute Gasteiger partial charge is 0.306 e. The van der Waals surface area contributed by atoms with Crippen LogP contribution in [0, 0.1) is 0 Å². The van der Waals surface area contributed by atoms with Crippen LogP contribution in [0.15, 0.2) is 28.7 Å². The molecule has 0 heterocycles. The first-order chi connectivity index (χ1) is 10.7. The molecule has 1 aromatic rings. The van der Waals surface area contributed by atoms with E-state index < -0.39 is 11.6 Å². The molecule has 0 aromatic heterocycles. The summed E-state index contributed by atoms with van der Waals surface area (Å²) in [6.45, 7) is 5.93. The Kier molecular flexibility index (Phi) is 7.72. The van der Waals surface area contributed by atoms with Gasteiger partial charge in [-0.2, -0.15) is 0 Å². The summed E-state index contributed by atoms with van der Waals surface area (Å²) in [4.78, 5) is 23.5. The molecule has 0 spiro atoms. The molecule has 0 fully saturated rings. The number of carbonyl (C=O) groups is 2. The van der Waals surface area contributed by atoms with Crippen LogP contribution in [0.1, 0.15) is 39.2 Å². The minimum atomic E-state index is -0.701. The molecule has 0 aliphatic carbocycles. The van der Waals surface area contributed by atoms with Gasteiger partial charge in [0.1, 0.15) is 5.60 Å². The molecule has 0 aliphatic rings. The van der Waals surface area contributed by atoms with Crippen molar-refractivity contribution in [1.29, 1.82) is 0 Å². The second-order valence-electron chi connectivity index (χ2n) is 6.40. The zero-order valence-electron chi connectivity index (χ0n) is 13.9. The maximum absolute atomic E-state index is 11.9. The van der Waals surface area contributed by atoms with Crippen molar-refractivity contribution in [3.8, 4) is 0 Å². The molecular formula is C17H25BrN2O3. The van der Waals surface area contributed by atoms with Crippen LogP contribution in [0.2, 0.25) is 0 Å². The van der Waals surface area contributed by atoms with Gasteiger partial charge in [-0.25, -0.2) is 0 Å². The number of halogens is 1. The number of carbonyl (C=O) groups excluding carboxylic acids is 2. The van der Waals surface area contributed by atoms with Crippen molar-refractivity contribution in [2.45, 2.75) is 51.7 Å². The fourth-order valence-corrected chi connectivity index (χ4v) is 2.17. The Hall–Kier alpha value is -1.40. The molecule has 3 N–H and O–H groups in total. The molecule has 0 bridgehead atoms. The molecule has 1 rings (SSSR count). The van der Waals surface area contributed by atoms with Crippen molar-refractivity contribution in [2.75, 3.05) is 6.54 Å². The molecule has 0 saturated heterocycles. The normalized spacial score (nSPS) is 12.6. The van der Waals surface area contributed by atoms with Gasteiger partial charge in [-0.05, 0) is 51.3 Å². The quantitative estimate of drug-likeness (QED) is 0.707. The maximum atomic E-state index is 11.9. The summed E-state index contributed by atoms with van der Waals surface area (Å²) < 4.78 is 6.21. The van der Waals surface area contributed by atoms with Crippen LogP contribution in [0.3, 0.4) is 0 Å². The van der Waals surface area contributed by atoms with Crippen LogP contribution < -0.4 is 11.1 Å². The Bertz CT molecular complexity index is 524. The Morgan fingerprint density at radius 3 is 2.43 bits per heavy atom. The van der Waals surface area contributed by atoms with E-state index in [4.69, 9.17) is 10.5 Å². The van der Waals surface area contributed by atoms with Crippen molar-refractivity contribution in [3.05, 3.63) is 34.3 Å². The number of amides is 1. The summed E-state index contributed by atoms with van der Waals surface area (Å²) in [6.07, 6.45) is 1.15. The third kappa shape index (κ3) is 8.71. The Morgan fingerprint density at radius 1 is 1.26 bits per heavy atom. The van der Waals surface area contributed by atoms with Gasteiger partial charge in [0.15, 0.2) is 0 Å². The summed E-state index contributed by atoms with van der Waals surface area (Å²) in [6, 6.07) is 7.22. The van der Waals surface area contributed by atoms with Crippen molar-refractivity contribution < 1.29 is 14.3 Å². The highest BCUT2D eigenvalue weighted by Crippen LogP contribution is 2.11. The van der Waals surface area contributed by atoms with Crippen LogP contribution in [0.5, 0.6) is 0 Å². The van der Waals surface area contributed by atoms with E-state index in [1.54, 1.807) is 20.8 Å². The van der Waals surface area contributed by atoms with Gasteiger partial charge in [-0.1, -0.05) is 28.1 Å². The van der Waals surface area contributed by atoms with Crippen LogP contribution in [0.4, 0.5) is 0 Å². The molecule has 0 aliphatic heterocycles.